The summed E-state index contributed by atoms with van der Waals surface area (Å²) in [5.74, 6) is -0.206. The van der Waals surface area contributed by atoms with Gasteiger partial charge < -0.3 is 19.9 Å². The standard InChI is InChI=1S/C25H28Cl2N2O5/c26-19-6-4-7-20(27)23(19)24(30)29-21(25(31)32)16-17-9-11-18(12-10-17)33-14-3-1-2-8-22-28-13-5-15-34-22/h4,6-7,9-12,21H,1-3,5,8,13-16H2,(H,29,30)(H,31,32). The molecule has 34 heavy (non-hydrogen) atoms. The zero-order valence-corrected chi connectivity index (χ0v) is 20.3. The third kappa shape index (κ3) is 7.92. The van der Waals surface area contributed by atoms with Gasteiger partial charge in [-0.2, -0.15) is 0 Å². The van der Waals surface area contributed by atoms with Gasteiger partial charge in [-0.1, -0.05) is 41.4 Å². The minimum Gasteiger partial charge on any atom is -0.494 e. The molecular weight excluding hydrogens is 479 g/mol. The van der Waals surface area contributed by atoms with Crippen LogP contribution in [0.5, 0.6) is 5.75 Å². The summed E-state index contributed by atoms with van der Waals surface area (Å²) in [4.78, 5) is 28.6. The molecule has 0 saturated carbocycles. The Morgan fingerprint density at radius 1 is 1.09 bits per heavy atom. The number of carbonyl (C=O) groups excluding carboxylic acids is 1. The topological polar surface area (TPSA) is 97.2 Å². The highest BCUT2D eigenvalue weighted by Crippen LogP contribution is 2.24. The number of carbonyl (C=O) groups is 2. The molecule has 1 heterocycles. The van der Waals surface area contributed by atoms with Crippen LogP contribution in [0.25, 0.3) is 0 Å². The Kier molecular flexibility index (Phi) is 10.0. The fraction of sp³-hybridized carbons (Fsp3) is 0.400. The summed E-state index contributed by atoms with van der Waals surface area (Å²) in [5.41, 5.74) is 0.804. The van der Waals surface area contributed by atoms with Gasteiger partial charge in [-0.15, -0.1) is 0 Å². The van der Waals surface area contributed by atoms with Crippen LogP contribution in [-0.2, 0) is 16.0 Å². The number of nitrogens with zero attached hydrogens (tertiary/aromatic N) is 1. The maximum Gasteiger partial charge on any atom is 0.326 e. The van der Waals surface area contributed by atoms with Crippen molar-refractivity contribution in [3.05, 3.63) is 63.6 Å². The van der Waals surface area contributed by atoms with Crippen LogP contribution in [0, 0.1) is 0 Å². The van der Waals surface area contributed by atoms with E-state index in [1.165, 1.54) is 12.1 Å². The van der Waals surface area contributed by atoms with Gasteiger partial charge >= 0.3 is 5.97 Å². The van der Waals surface area contributed by atoms with E-state index in [9.17, 15) is 14.7 Å². The number of aliphatic carboxylic acids is 1. The molecular formula is C25H28Cl2N2O5. The van der Waals surface area contributed by atoms with Gasteiger partial charge in [0, 0.05) is 25.8 Å². The number of benzene rings is 2. The Bertz CT molecular complexity index is 991. The van der Waals surface area contributed by atoms with Gasteiger partial charge in [-0.05, 0) is 49.1 Å². The smallest absolute Gasteiger partial charge is 0.326 e. The number of unbranched alkanes of at least 4 members (excludes halogenated alkanes) is 2. The van der Waals surface area contributed by atoms with Crippen molar-refractivity contribution in [1.29, 1.82) is 0 Å². The van der Waals surface area contributed by atoms with Crippen LogP contribution in [0.15, 0.2) is 47.5 Å². The first kappa shape index (κ1) is 25.8. The van der Waals surface area contributed by atoms with E-state index in [0.717, 1.165) is 56.7 Å². The molecule has 0 saturated heterocycles. The van der Waals surface area contributed by atoms with E-state index < -0.39 is 17.9 Å². The molecule has 0 aromatic heterocycles. The molecule has 0 spiro atoms. The zero-order chi connectivity index (χ0) is 24.3. The van der Waals surface area contributed by atoms with Crippen LogP contribution >= 0.6 is 23.2 Å². The number of hydrogen-bond donors (Lipinski definition) is 2. The molecule has 1 amide bonds. The van der Waals surface area contributed by atoms with Crippen LogP contribution in [0.3, 0.4) is 0 Å². The van der Waals surface area contributed by atoms with Crippen molar-refractivity contribution in [1.82, 2.24) is 5.32 Å². The van der Waals surface area contributed by atoms with E-state index in [2.05, 4.69) is 10.3 Å². The average molecular weight is 507 g/mol. The maximum atomic E-state index is 12.6. The molecule has 0 aliphatic carbocycles. The number of carboxylic acid groups (broad SMARTS) is 1. The van der Waals surface area contributed by atoms with Gasteiger partial charge in [0.15, 0.2) is 5.90 Å². The predicted molar refractivity (Wildman–Crippen MR) is 132 cm³/mol. The van der Waals surface area contributed by atoms with E-state index >= 15 is 0 Å². The molecule has 1 aliphatic rings. The van der Waals surface area contributed by atoms with Crippen LogP contribution < -0.4 is 10.1 Å². The van der Waals surface area contributed by atoms with Crippen LogP contribution in [0.1, 0.15) is 48.0 Å². The molecule has 182 valence electrons. The Balaban J connectivity index is 1.44. The van der Waals surface area contributed by atoms with Gasteiger partial charge in [-0.3, -0.25) is 9.79 Å². The monoisotopic (exact) mass is 506 g/mol. The lowest BCUT2D eigenvalue weighted by atomic mass is 10.1. The highest BCUT2D eigenvalue weighted by atomic mass is 35.5. The molecule has 0 bridgehead atoms. The van der Waals surface area contributed by atoms with E-state index in [0.29, 0.717) is 12.4 Å². The number of amides is 1. The molecule has 1 aliphatic heterocycles. The lowest BCUT2D eigenvalue weighted by molar-refractivity contribution is -0.139. The van der Waals surface area contributed by atoms with Gasteiger partial charge in [0.05, 0.1) is 28.8 Å². The minimum absolute atomic E-state index is 0.0556. The summed E-state index contributed by atoms with van der Waals surface area (Å²) in [6, 6.07) is 10.7. The highest BCUT2D eigenvalue weighted by Gasteiger charge is 2.23. The van der Waals surface area contributed by atoms with Crippen molar-refractivity contribution < 1.29 is 24.2 Å². The quantitative estimate of drug-likeness (QED) is 0.386. The first-order valence-corrected chi connectivity index (χ1v) is 12.0. The lowest BCUT2D eigenvalue weighted by Crippen LogP contribution is -2.42. The average Bonchev–Trinajstić information content (AvgIpc) is 2.82. The van der Waals surface area contributed by atoms with Crippen LogP contribution in [-0.4, -0.2) is 48.7 Å². The number of hydrogen-bond acceptors (Lipinski definition) is 5. The lowest BCUT2D eigenvalue weighted by Gasteiger charge is -2.16. The molecule has 3 rings (SSSR count). The Morgan fingerprint density at radius 2 is 1.82 bits per heavy atom. The first-order valence-electron chi connectivity index (χ1n) is 11.3. The number of aliphatic imine (C=N–C) groups is 1. The van der Waals surface area contributed by atoms with Crippen molar-refractivity contribution in [2.45, 2.75) is 44.6 Å². The SMILES string of the molecule is O=C(NC(Cc1ccc(OCCCCCC2=NCCCO2)cc1)C(=O)O)c1c(Cl)cccc1Cl. The summed E-state index contributed by atoms with van der Waals surface area (Å²) in [7, 11) is 0. The summed E-state index contributed by atoms with van der Waals surface area (Å²) in [6.45, 7) is 2.23. The second-order valence-electron chi connectivity index (χ2n) is 7.95. The van der Waals surface area contributed by atoms with E-state index in [1.54, 1.807) is 30.3 Å². The summed E-state index contributed by atoms with van der Waals surface area (Å²) in [5, 5.41) is 12.4. The number of carboxylic acids is 1. The van der Waals surface area contributed by atoms with E-state index in [-0.39, 0.29) is 22.0 Å². The molecule has 1 unspecified atom stereocenters. The molecule has 7 nitrogen and oxygen atoms in total. The van der Waals surface area contributed by atoms with Crippen molar-refractivity contribution in [2.75, 3.05) is 19.8 Å². The Hall–Kier alpha value is -2.77. The van der Waals surface area contributed by atoms with Gasteiger partial charge in [-0.25, -0.2) is 4.79 Å². The van der Waals surface area contributed by atoms with Crippen molar-refractivity contribution >= 4 is 41.0 Å². The molecule has 0 fully saturated rings. The van der Waals surface area contributed by atoms with Crippen LogP contribution in [0.4, 0.5) is 0 Å². The summed E-state index contributed by atoms with van der Waals surface area (Å²) in [6.07, 6.45) is 4.94. The van der Waals surface area contributed by atoms with Crippen molar-refractivity contribution in [2.24, 2.45) is 4.99 Å². The molecule has 2 N–H and O–H groups in total. The summed E-state index contributed by atoms with van der Waals surface area (Å²) >= 11 is 12.1. The predicted octanol–water partition coefficient (Wildman–Crippen LogP) is 5.18. The second-order valence-corrected chi connectivity index (χ2v) is 8.76. The van der Waals surface area contributed by atoms with Crippen LogP contribution in [0.2, 0.25) is 10.0 Å². The molecule has 2 aromatic rings. The molecule has 0 radical (unpaired) electrons. The number of rotatable bonds is 12. The van der Waals surface area contributed by atoms with E-state index in [4.69, 9.17) is 32.7 Å². The highest BCUT2D eigenvalue weighted by molar-refractivity contribution is 6.39. The Labute approximate surface area is 209 Å². The summed E-state index contributed by atoms with van der Waals surface area (Å²) < 4.78 is 11.3. The van der Waals surface area contributed by atoms with Gasteiger partial charge in [0.1, 0.15) is 11.8 Å². The number of halogens is 2. The minimum atomic E-state index is -1.15. The third-order valence-corrected chi connectivity index (χ3v) is 5.95. The maximum absolute atomic E-state index is 12.6. The number of ether oxygens (including phenoxy) is 2. The van der Waals surface area contributed by atoms with Crippen molar-refractivity contribution in [3.63, 3.8) is 0 Å². The fourth-order valence-corrected chi connectivity index (χ4v) is 4.07. The molecule has 9 heteroatoms. The van der Waals surface area contributed by atoms with Crippen molar-refractivity contribution in [3.8, 4) is 5.75 Å². The largest absolute Gasteiger partial charge is 0.494 e. The first-order chi connectivity index (χ1) is 16.4. The molecule has 1 atom stereocenters. The zero-order valence-electron chi connectivity index (χ0n) is 18.8. The number of nitrogens with one attached hydrogen (secondary N) is 1. The Morgan fingerprint density at radius 3 is 2.47 bits per heavy atom. The fourth-order valence-electron chi connectivity index (χ4n) is 3.50. The third-order valence-electron chi connectivity index (χ3n) is 5.32. The van der Waals surface area contributed by atoms with E-state index in [1.807, 2.05) is 0 Å². The normalized spacial score (nSPS) is 14.0. The van der Waals surface area contributed by atoms with Gasteiger partial charge in [0.25, 0.3) is 5.91 Å². The molecule has 2 aromatic carbocycles. The second kappa shape index (κ2) is 13.2. The van der Waals surface area contributed by atoms with Gasteiger partial charge in [0.2, 0.25) is 0 Å².